The second kappa shape index (κ2) is 5.27. The summed E-state index contributed by atoms with van der Waals surface area (Å²) in [6.07, 6.45) is 0. The molecule has 1 atom stereocenters. The molecular weight excluding hydrogens is 279 g/mol. The number of nitrogens with one attached hydrogen (secondary N) is 1. The Kier molecular flexibility index (Phi) is 4.26. The van der Waals surface area contributed by atoms with Gasteiger partial charge in [-0.25, -0.2) is 4.39 Å². The Morgan fingerprint density at radius 1 is 1.69 bits per heavy atom. The zero-order chi connectivity index (χ0) is 12.3. The smallest absolute Gasteiger partial charge is 0.322 e. The molecule has 0 fully saturated rings. The van der Waals surface area contributed by atoms with Gasteiger partial charge in [0.05, 0.1) is 4.47 Å². The molecule has 6 heteroatoms. The molecule has 0 bridgehead atoms. The van der Waals surface area contributed by atoms with Crippen LogP contribution in [-0.2, 0) is 4.79 Å². The third-order valence-corrected chi connectivity index (χ3v) is 2.70. The summed E-state index contributed by atoms with van der Waals surface area (Å²) in [4.78, 5) is 10.5. The summed E-state index contributed by atoms with van der Waals surface area (Å²) in [6, 6.07) is 1.91. The molecule has 1 aromatic rings. The summed E-state index contributed by atoms with van der Waals surface area (Å²) in [5, 5.41) is 11.4. The van der Waals surface area contributed by atoms with Crippen molar-refractivity contribution in [3.05, 3.63) is 28.0 Å². The number of aryl methyl sites for hydroxylation is 1. The van der Waals surface area contributed by atoms with E-state index >= 15 is 0 Å². The predicted octanol–water partition coefficient (Wildman–Crippen LogP) is 1.72. The zero-order valence-corrected chi connectivity index (χ0v) is 10.2. The third-order valence-electron chi connectivity index (χ3n) is 2.10. The van der Waals surface area contributed by atoms with Gasteiger partial charge < -0.3 is 16.2 Å². The lowest BCUT2D eigenvalue weighted by Gasteiger charge is -2.12. The number of hydrogen-bond donors (Lipinski definition) is 3. The van der Waals surface area contributed by atoms with Gasteiger partial charge in [0.1, 0.15) is 11.9 Å². The van der Waals surface area contributed by atoms with Crippen LogP contribution in [0.4, 0.5) is 10.1 Å². The minimum Gasteiger partial charge on any atom is -0.480 e. The van der Waals surface area contributed by atoms with Gasteiger partial charge >= 0.3 is 5.97 Å². The van der Waals surface area contributed by atoms with E-state index in [1.54, 1.807) is 13.0 Å². The van der Waals surface area contributed by atoms with Gasteiger partial charge in [-0.2, -0.15) is 0 Å². The molecule has 0 aliphatic heterocycles. The first-order chi connectivity index (χ1) is 7.41. The van der Waals surface area contributed by atoms with Crippen LogP contribution in [-0.4, -0.2) is 23.7 Å². The van der Waals surface area contributed by atoms with E-state index in [2.05, 4.69) is 21.2 Å². The number of benzene rings is 1. The molecule has 0 radical (unpaired) electrons. The fraction of sp³-hybridized carbons (Fsp3) is 0.300. The summed E-state index contributed by atoms with van der Waals surface area (Å²) in [5.41, 5.74) is 6.67. The number of rotatable bonds is 4. The molecule has 1 rings (SSSR count). The number of carboxylic acids is 1. The van der Waals surface area contributed by atoms with E-state index in [0.29, 0.717) is 10.2 Å². The van der Waals surface area contributed by atoms with Crippen molar-refractivity contribution in [3.63, 3.8) is 0 Å². The Morgan fingerprint density at radius 2 is 2.31 bits per heavy atom. The van der Waals surface area contributed by atoms with Crippen molar-refractivity contribution in [3.8, 4) is 0 Å². The highest BCUT2D eigenvalue weighted by atomic mass is 79.9. The lowest BCUT2D eigenvalue weighted by molar-refractivity contribution is -0.138. The maximum atomic E-state index is 13.2. The van der Waals surface area contributed by atoms with E-state index < -0.39 is 17.8 Å². The number of nitrogens with two attached hydrogens (primary N) is 1. The van der Waals surface area contributed by atoms with Gasteiger partial charge in [-0.3, -0.25) is 4.79 Å². The Hall–Kier alpha value is -1.14. The summed E-state index contributed by atoms with van der Waals surface area (Å²) in [7, 11) is 0. The lowest BCUT2D eigenvalue weighted by atomic mass is 10.2. The maximum Gasteiger partial charge on any atom is 0.322 e. The van der Waals surface area contributed by atoms with Gasteiger partial charge in [0.25, 0.3) is 0 Å². The Bertz CT molecular complexity index is 412. The minimum absolute atomic E-state index is 0.0528. The van der Waals surface area contributed by atoms with Crippen molar-refractivity contribution in [2.45, 2.75) is 13.0 Å². The van der Waals surface area contributed by atoms with E-state index in [-0.39, 0.29) is 6.54 Å². The molecule has 16 heavy (non-hydrogen) atoms. The SMILES string of the molecule is Cc1cc(Br)c(F)cc1NCC(N)C(=O)O. The fourth-order valence-electron chi connectivity index (χ4n) is 1.14. The molecule has 0 spiro atoms. The first-order valence-corrected chi connectivity index (χ1v) is 5.39. The van der Waals surface area contributed by atoms with E-state index in [9.17, 15) is 9.18 Å². The highest BCUT2D eigenvalue weighted by molar-refractivity contribution is 9.10. The van der Waals surface area contributed by atoms with Crippen LogP contribution < -0.4 is 11.1 Å². The van der Waals surface area contributed by atoms with Crippen LogP contribution in [0.1, 0.15) is 5.56 Å². The van der Waals surface area contributed by atoms with Crippen molar-refractivity contribution < 1.29 is 14.3 Å². The van der Waals surface area contributed by atoms with E-state index in [4.69, 9.17) is 10.8 Å². The summed E-state index contributed by atoms with van der Waals surface area (Å²) in [5.74, 6) is -1.50. The van der Waals surface area contributed by atoms with Gasteiger partial charge in [0.15, 0.2) is 0 Å². The van der Waals surface area contributed by atoms with E-state index in [0.717, 1.165) is 5.56 Å². The molecule has 0 saturated carbocycles. The van der Waals surface area contributed by atoms with Crippen LogP contribution in [0.15, 0.2) is 16.6 Å². The number of carbonyl (C=O) groups is 1. The average Bonchev–Trinajstić information content (AvgIpc) is 2.20. The molecule has 88 valence electrons. The van der Waals surface area contributed by atoms with Crippen molar-refractivity contribution in [1.82, 2.24) is 0 Å². The topological polar surface area (TPSA) is 75.3 Å². The highest BCUT2D eigenvalue weighted by Gasteiger charge is 2.12. The van der Waals surface area contributed by atoms with Gasteiger partial charge in [0.2, 0.25) is 0 Å². The molecule has 0 aliphatic rings. The largest absolute Gasteiger partial charge is 0.480 e. The maximum absolute atomic E-state index is 13.2. The molecule has 1 unspecified atom stereocenters. The molecule has 0 aromatic heterocycles. The van der Waals surface area contributed by atoms with Gasteiger partial charge in [0, 0.05) is 12.2 Å². The number of hydrogen-bond acceptors (Lipinski definition) is 3. The van der Waals surface area contributed by atoms with Crippen molar-refractivity contribution in [1.29, 1.82) is 0 Å². The van der Waals surface area contributed by atoms with E-state index in [1.165, 1.54) is 6.07 Å². The molecular formula is C10H12BrFN2O2. The quantitative estimate of drug-likeness (QED) is 0.789. The molecule has 4 N–H and O–H groups in total. The summed E-state index contributed by atoms with van der Waals surface area (Å²) >= 11 is 3.06. The molecule has 0 saturated heterocycles. The van der Waals surface area contributed by atoms with Gasteiger partial charge in [-0.05, 0) is 40.5 Å². The molecule has 4 nitrogen and oxygen atoms in total. The van der Waals surface area contributed by atoms with Crippen molar-refractivity contribution >= 4 is 27.6 Å². The normalized spacial score (nSPS) is 12.2. The second-order valence-electron chi connectivity index (χ2n) is 3.41. The van der Waals surface area contributed by atoms with Crippen LogP contribution >= 0.6 is 15.9 Å². The zero-order valence-electron chi connectivity index (χ0n) is 8.63. The first kappa shape index (κ1) is 12.9. The van der Waals surface area contributed by atoms with Crippen LogP contribution in [0.3, 0.4) is 0 Å². The van der Waals surface area contributed by atoms with Crippen LogP contribution in [0.25, 0.3) is 0 Å². The number of anilines is 1. The first-order valence-electron chi connectivity index (χ1n) is 4.59. The monoisotopic (exact) mass is 290 g/mol. The van der Waals surface area contributed by atoms with E-state index in [1.807, 2.05) is 0 Å². The minimum atomic E-state index is -1.09. The predicted molar refractivity (Wildman–Crippen MR) is 62.9 cm³/mol. The number of halogens is 2. The highest BCUT2D eigenvalue weighted by Crippen LogP contribution is 2.23. The van der Waals surface area contributed by atoms with Crippen LogP contribution in [0.5, 0.6) is 0 Å². The van der Waals surface area contributed by atoms with Crippen molar-refractivity contribution in [2.24, 2.45) is 5.73 Å². The van der Waals surface area contributed by atoms with Crippen LogP contribution in [0, 0.1) is 12.7 Å². The Morgan fingerprint density at radius 3 is 2.88 bits per heavy atom. The Labute approximate surface area is 101 Å². The molecule has 0 amide bonds. The average molecular weight is 291 g/mol. The van der Waals surface area contributed by atoms with Crippen LogP contribution in [0.2, 0.25) is 0 Å². The molecule has 0 heterocycles. The lowest BCUT2D eigenvalue weighted by Crippen LogP contribution is -2.37. The fourth-order valence-corrected chi connectivity index (χ4v) is 1.60. The summed E-state index contributed by atoms with van der Waals surface area (Å²) < 4.78 is 13.6. The standard InChI is InChI=1S/C10H12BrFN2O2/c1-5-2-6(11)7(12)3-9(5)14-4-8(13)10(15)16/h2-3,8,14H,4,13H2,1H3,(H,15,16). The number of aliphatic carboxylic acids is 1. The second-order valence-corrected chi connectivity index (χ2v) is 4.26. The van der Waals surface area contributed by atoms with Gasteiger partial charge in [-0.15, -0.1) is 0 Å². The summed E-state index contributed by atoms with van der Waals surface area (Å²) in [6.45, 7) is 1.84. The number of carboxylic acid groups (broad SMARTS) is 1. The van der Waals surface area contributed by atoms with Crippen molar-refractivity contribution in [2.75, 3.05) is 11.9 Å². The Balaban J connectivity index is 2.74. The molecule has 1 aromatic carbocycles. The van der Waals surface area contributed by atoms with Gasteiger partial charge in [-0.1, -0.05) is 0 Å². The molecule has 0 aliphatic carbocycles. The third kappa shape index (κ3) is 3.18.